The Morgan fingerprint density at radius 1 is 1.38 bits per heavy atom. The lowest BCUT2D eigenvalue weighted by Gasteiger charge is -2.21. The average molecular weight is 306 g/mol. The number of amides is 2. The van der Waals surface area contributed by atoms with Crippen LogP contribution in [0.5, 0.6) is 0 Å². The lowest BCUT2D eigenvalue weighted by molar-refractivity contribution is -0.137. The van der Waals surface area contributed by atoms with E-state index in [2.05, 4.69) is 5.32 Å². The van der Waals surface area contributed by atoms with Crippen LogP contribution in [0.1, 0.15) is 24.3 Å². The molecule has 2 N–H and O–H groups in total. The van der Waals surface area contributed by atoms with E-state index in [1.54, 1.807) is 4.90 Å². The molecule has 2 unspecified atom stereocenters. The molecule has 0 saturated carbocycles. The molecule has 0 bridgehead atoms. The van der Waals surface area contributed by atoms with E-state index in [9.17, 15) is 9.59 Å². The fraction of sp³-hybridized carbons (Fsp3) is 0.467. The van der Waals surface area contributed by atoms with Gasteiger partial charge in [-0.25, -0.2) is 4.79 Å². The van der Waals surface area contributed by atoms with Gasteiger partial charge in [0, 0.05) is 29.9 Å². The van der Waals surface area contributed by atoms with E-state index in [0.717, 1.165) is 29.2 Å². The number of para-hydroxylation sites is 1. The number of carboxylic acid groups (broad SMARTS) is 1. The van der Waals surface area contributed by atoms with Crippen molar-refractivity contribution in [3.05, 3.63) is 29.8 Å². The molecule has 2 aliphatic heterocycles. The third-order valence-electron chi connectivity index (χ3n) is 3.99. The van der Waals surface area contributed by atoms with Crippen LogP contribution in [0, 0.1) is 0 Å². The van der Waals surface area contributed by atoms with Crippen LogP contribution >= 0.6 is 11.8 Å². The summed E-state index contributed by atoms with van der Waals surface area (Å²) in [6, 6.07) is 7.70. The molecular weight excluding hydrogens is 288 g/mol. The van der Waals surface area contributed by atoms with E-state index in [4.69, 9.17) is 5.11 Å². The number of hydrogen-bond acceptors (Lipinski definition) is 3. The average Bonchev–Trinajstić information content (AvgIpc) is 3.07. The van der Waals surface area contributed by atoms with E-state index in [1.807, 2.05) is 36.0 Å². The number of anilines is 1. The van der Waals surface area contributed by atoms with Gasteiger partial charge in [-0.2, -0.15) is 11.8 Å². The maximum atomic E-state index is 12.5. The summed E-state index contributed by atoms with van der Waals surface area (Å²) < 4.78 is 0. The molecule has 5 nitrogen and oxygen atoms in total. The summed E-state index contributed by atoms with van der Waals surface area (Å²) in [7, 11) is 0. The van der Waals surface area contributed by atoms with Gasteiger partial charge in [0.15, 0.2) is 0 Å². The molecule has 1 saturated heterocycles. The lowest BCUT2D eigenvalue weighted by Crippen LogP contribution is -2.44. The van der Waals surface area contributed by atoms with Gasteiger partial charge < -0.3 is 10.4 Å². The fourth-order valence-corrected chi connectivity index (χ4v) is 4.13. The predicted octanol–water partition coefficient (Wildman–Crippen LogP) is 2.28. The second kappa shape index (κ2) is 5.97. The van der Waals surface area contributed by atoms with Gasteiger partial charge in [-0.3, -0.25) is 9.69 Å². The maximum Gasteiger partial charge on any atom is 0.322 e. The number of nitrogens with one attached hydrogen (secondary N) is 1. The highest BCUT2D eigenvalue weighted by molar-refractivity contribution is 7.99. The molecule has 2 amide bonds. The van der Waals surface area contributed by atoms with Gasteiger partial charge in [-0.15, -0.1) is 0 Å². The minimum Gasteiger partial charge on any atom is -0.481 e. The summed E-state index contributed by atoms with van der Waals surface area (Å²) in [5.74, 6) is 1.09. The number of hydrogen-bond donors (Lipinski definition) is 2. The molecule has 2 atom stereocenters. The van der Waals surface area contributed by atoms with E-state index >= 15 is 0 Å². The largest absolute Gasteiger partial charge is 0.481 e. The lowest BCUT2D eigenvalue weighted by atomic mass is 9.98. The summed E-state index contributed by atoms with van der Waals surface area (Å²) >= 11 is 1.85. The summed E-state index contributed by atoms with van der Waals surface area (Å²) in [5.41, 5.74) is 1.79. The summed E-state index contributed by atoms with van der Waals surface area (Å²) in [6.45, 7) is 0.442. The fourth-order valence-electron chi connectivity index (χ4n) is 2.97. The van der Waals surface area contributed by atoms with Gasteiger partial charge >= 0.3 is 12.0 Å². The number of urea groups is 1. The SMILES string of the molecule is O=C(O)CC1CN(C(=O)NC2CCSC2)c2ccccc21. The van der Waals surface area contributed by atoms with Crippen molar-refractivity contribution in [2.75, 3.05) is 23.0 Å². The van der Waals surface area contributed by atoms with Crippen LogP contribution in [0.25, 0.3) is 0 Å². The van der Waals surface area contributed by atoms with Crippen LogP contribution in [-0.4, -0.2) is 41.2 Å². The number of nitrogens with zero attached hydrogens (tertiary/aromatic N) is 1. The molecule has 2 heterocycles. The quantitative estimate of drug-likeness (QED) is 0.899. The molecule has 0 radical (unpaired) electrons. The summed E-state index contributed by atoms with van der Waals surface area (Å²) in [6.07, 6.45) is 1.06. The molecule has 3 rings (SSSR count). The van der Waals surface area contributed by atoms with Crippen molar-refractivity contribution in [3.8, 4) is 0 Å². The normalized spacial score (nSPS) is 23.9. The zero-order chi connectivity index (χ0) is 14.8. The zero-order valence-electron chi connectivity index (χ0n) is 11.6. The van der Waals surface area contributed by atoms with Gasteiger partial charge in [0.25, 0.3) is 0 Å². The minimum atomic E-state index is -0.829. The number of aliphatic carboxylic acids is 1. The number of thioether (sulfide) groups is 1. The van der Waals surface area contributed by atoms with Gasteiger partial charge in [-0.05, 0) is 23.8 Å². The molecule has 0 aromatic heterocycles. The molecule has 112 valence electrons. The molecule has 2 aliphatic rings. The number of carbonyl (C=O) groups is 2. The first-order chi connectivity index (χ1) is 10.1. The van der Waals surface area contributed by atoms with E-state index < -0.39 is 5.97 Å². The van der Waals surface area contributed by atoms with E-state index in [0.29, 0.717) is 6.54 Å². The first-order valence-corrected chi connectivity index (χ1v) is 8.27. The van der Waals surface area contributed by atoms with Crippen LogP contribution in [0.4, 0.5) is 10.5 Å². The van der Waals surface area contributed by atoms with Crippen LogP contribution in [0.15, 0.2) is 24.3 Å². The standard InChI is InChI=1S/C15H18N2O3S/c18-14(19)7-10-8-17(13-4-2-1-3-12(10)13)15(20)16-11-5-6-21-9-11/h1-4,10-11H,5-9H2,(H,16,20)(H,18,19). The van der Waals surface area contributed by atoms with Crippen molar-refractivity contribution in [1.82, 2.24) is 5.32 Å². The molecule has 0 aliphatic carbocycles. The first kappa shape index (κ1) is 14.3. The van der Waals surface area contributed by atoms with Crippen molar-refractivity contribution in [1.29, 1.82) is 0 Å². The second-order valence-electron chi connectivity index (χ2n) is 5.47. The Labute approximate surface area is 127 Å². The highest BCUT2D eigenvalue weighted by Crippen LogP contribution is 2.38. The molecular formula is C15H18N2O3S. The van der Waals surface area contributed by atoms with Gasteiger partial charge in [-0.1, -0.05) is 18.2 Å². The van der Waals surface area contributed by atoms with Crippen molar-refractivity contribution in [3.63, 3.8) is 0 Å². The Hall–Kier alpha value is -1.69. The van der Waals surface area contributed by atoms with Crippen LogP contribution < -0.4 is 10.2 Å². The Bertz CT molecular complexity index is 558. The number of carboxylic acids is 1. The number of fused-ring (bicyclic) bond motifs is 1. The Morgan fingerprint density at radius 2 is 2.19 bits per heavy atom. The molecule has 1 aromatic rings. The Morgan fingerprint density at radius 3 is 2.90 bits per heavy atom. The van der Waals surface area contributed by atoms with Gasteiger partial charge in [0.1, 0.15) is 0 Å². The Kier molecular flexibility index (Phi) is 4.05. The van der Waals surface area contributed by atoms with Crippen molar-refractivity contribution in [2.45, 2.75) is 24.8 Å². The number of benzene rings is 1. The molecule has 1 fully saturated rings. The molecule has 1 aromatic carbocycles. The third-order valence-corrected chi connectivity index (χ3v) is 5.16. The van der Waals surface area contributed by atoms with Crippen molar-refractivity contribution in [2.24, 2.45) is 0 Å². The highest BCUT2D eigenvalue weighted by atomic mass is 32.2. The first-order valence-electron chi connectivity index (χ1n) is 7.11. The molecule has 0 spiro atoms. The summed E-state index contributed by atoms with van der Waals surface area (Å²) in [5, 5.41) is 12.1. The minimum absolute atomic E-state index is 0.0556. The van der Waals surface area contributed by atoms with E-state index in [-0.39, 0.29) is 24.4 Å². The third kappa shape index (κ3) is 3.00. The Balaban J connectivity index is 1.76. The number of rotatable bonds is 3. The number of carbonyl (C=O) groups excluding carboxylic acids is 1. The summed E-state index contributed by atoms with van der Waals surface area (Å²) in [4.78, 5) is 25.1. The predicted molar refractivity (Wildman–Crippen MR) is 83.0 cm³/mol. The van der Waals surface area contributed by atoms with E-state index in [1.165, 1.54) is 0 Å². The highest BCUT2D eigenvalue weighted by Gasteiger charge is 2.34. The smallest absolute Gasteiger partial charge is 0.322 e. The zero-order valence-corrected chi connectivity index (χ0v) is 12.4. The monoisotopic (exact) mass is 306 g/mol. The van der Waals surface area contributed by atoms with Gasteiger partial charge in [0.05, 0.1) is 6.42 Å². The van der Waals surface area contributed by atoms with Crippen LogP contribution in [0.3, 0.4) is 0 Å². The van der Waals surface area contributed by atoms with Gasteiger partial charge in [0.2, 0.25) is 0 Å². The maximum absolute atomic E-state index is 12.5. The molecule has 21 heavy (non-hydrogen) atoms. The topological polar surface area (TPSA) is 69.6 Å². The van der Waals surface area contributed by atoms with Crippen LogP contribution in [0.2, 0.25) is 0 Å². The van der Waals surface area contributed by atoms with Crippen molar-refractivity contribution >= 4 is 29.4 Å². The van der Waals surface area contributed by atoms with Crippen LogP contribution in [-0.2, 0) is 4.79 Å². The second-order valence-corrected chi connectivity index (χ2v) is 6.62. The molecule has 6 heteroatoms. The van der Waals surface area contributed by atoms with Crippen molar-refractivity contribution < 1.29 is 14.7 Å².